The largest absolute Gasteiger partial charge is 0.335 e. The van der Waals surface area contributed by atoms with Gasteiger partial charge < -0.3 is 15.5 Å². The Bertz CT molecular complexity index is 496. The van der Waals surface area contributed by atoms with Gasteiger partial charge in [-0.05, 0) is 44.4 Å². The Hall–Kier alpha value is -1.33. The van der Waals surface area contributed by atoms with Crippen molar-refractivity contribution >= 4 is 23.3 Å². The number of urea groups is 1. The molecule has 0 spiro atoms. The molecule has 2 amide bonds. The fourth-order valence-corrected chi connectivity index (χ4v) is 3.35. The standard InChI is InChI=1S/C14H19ClN4O/c15-13-12(4-1-6-16-13)18-14(20)17-10-5-8-19-7-2-3-11(19)9-10/h1,4,6,10-11H,2-3,5,7-9H2,(H2,17,18,20)/t10-,11-/m1/s1. The third-order valence-electron chi connectivity index (χ3n) is 4.16. The minimum atomic E-state index is -0.198. The zero-order valence-electron chi connectivity index (χ0n) is 11.3. The van der Waals surface area contributed by atoms with Crippen LogP contribution in [0.4, 0.5) is 10.5 Å². The van der Waals surface area contributed by atoms with Gasteiger partial charge in [0, 0.05) is 24.8 Å². The number of halogens is 1. The van der Waals surface area contributed by atoms with Crippen molar-refractivity contribution in [2.24, 2.45) is 0 Å². The number of amides is 2. The van der Waals surface area contributed by atoms with Gasteiger partial charge in [-0.1, -0.05) is 11.6 Å². The maximum absolute atomic E-state index is 12.0. The number of carbonyl (C=O) groups excluding carboxylic acids is 1. The van der Waals surface area contributed by atoms with Gasteiger partial charge in [0.1, 0.15) is 0 Å². The predicted octanol–water partition coefficient (Wildman–Crippen LogP) is 2.48. The summed E-state index contributed by atoms with van der Waals surface area (Å²) >= 11 is 5.92. The smallest absolute Gasteiger partial charge is 0.319 e. The highest BCUT2D eigenvalue weighted by Crippen LogP contribution is 2.27. The summed E-state index contributed by atoms with van der Waals surface area (Å²) in [6, 6.07) is 4.20. The summed E-state index contributed by atoms with van der Waals surface area (Å²) in [5.41, 5.74) is 0.546. The van der Waals surface area contributed by atoms with Crippen LogP contribution in [0.1, 0.15) is 25.7 Å². The minimum absolute atomic E-state index is 0.198. The van der Waals surface area contributed by atoms with Crippen molar-refractivity contribution in [2.75, 3.05) is 18.4 Å². The molecule has 2 N–H and O–H groups in total. The highest BCUT2D eigenvalue weighted by atomic mass is 35.5. The summed E-state index contributed by atoms with van der Waals surface area (Å²) in [6.07, 6.45) is 6.21. The van der Waals surface area contributed by atoms with Crippen molar-refractivity contribution in [2.45, 2.75) is 37.8 Å². The number of hydrogen-bond acceptors (Lipinski definition) is 3. The van der Waals surface area contributed by atoms with E-state index in [1.54, 1.807) is 18.3 Å². The number of aromatic nitrogens is 1. The van der Waals surface area contributed by atoms with Gasteiger partial charge in [-0.2, -0.15) is 0 Å². The van der Waals surface area contributed by atoms with E-state index in [4.69, 9.17) is 11.6 Å². The van der Waals surface area contributed by atoms with E-state index >= 15 is 0 Å². The first-order chi connectivity index (χ1) is 9.72. The Labute approximate surface area is 123 Å². The van der Waals surface area contributed by atoms with Crippen LogP contribution in [0.3, 0.4) is 0 Å². The third kappa shape index (κ3) is 3.04. The van der Waals surface area contributed by atoms with Gasteiger partial charge in [0.25, 0.3) is 0 Å². The number of fused-ring (bicyclic) bond motifs is 1. The van der Waals surface area contributed by atoms with Crippen molar-refractivity contribution in [3.8, 4) is 0 Å². The van der Waals surface area contributed by atoms with Crippen LogP contribution in [0.15, 0.2) is 18.3 Å². The number of nitrogens with one attached hydrogen (secondary N) is 2. The van der Waals surface area contributed by atoms with Crippen LogP contribution < -0.4 is 10.6 Å². The molecule has 5 nitrogen and oxygen atoms in total. The van der Waals surface area contributed by atoms with Crippen LogP contribution in [-0.4, -0.2) is 41.1 Å². The molecule has 20 heavy (non-hydrogen) atoms. The lowest BCUT2D eigenvalue weighted by molar-refractivity contribution is 0.168. The molecule has 2 atom stereocenters. The topological polar surface area (TPSA) is 57.3 Å². The molecule has 3 rings (SSSR count). The first-order valence-corrected chi connectivity index (χ1v) is 7.52. The van der Waals surface area contributed by atoms with E-state index in [0.29, 0.717) is 16.9 Å². The molecular weight excluding hydrogens is 276 g/mol. The van der Waals surface area contributed by atoms with Crippen LogP contribution in [0.2, 0.25) is 5.15 Å². The second-order valence-corrected chi connectivity index (χ2v) is 5.85. The fraction of sp³-hybridized carbons (Fsp3) is 0.571. The highest BCUT2D eigenvalue weighted by molar-refractivity contribution is 6.32. The molecule has 0 saturated carbocycles. The molecular formula is C14H19ClN4O. The van der Waals surface area contributed by atoms with E-state index in [0.717, 1.165) is 19.4 Å². The SMILES string of the molecule is O=C(Nc1cccnc1Cl)N[C@@H]1CCN2CCC[C@@H]2C1. The molecule has 0 aromatic carbocycles. The summed E-state index contributed by atoms with van der Waals surface area (Å²) in [4.78, 5) is 18.5. The number of pyridine rings is 1. The van der Waals surface area contributed by atoms with Crippen molar-refractivity contribution in [1.29, 1.82) is 0 Å². The van der Waals surface area contributed by atoms with Gasteiger partial charge in [0.2, 0.25) is 0 Å². The molecule has 108 valence electrons. The van der Waals surface area contributed by atoms with E-state index in [1.165, 1.54) is 19.4 Å². The first kappa shape index (κ1) is 13.6. The summed E-state index contributed by atoms with van der Waals surface area (Å²) in [6.45, 7) is 2.30. The van der Waals surface area contributed by atoms with Gasteiger partial charge in [0.15, 0.2) is 5.15 Å². The molecule has 2 aliphatic heterocycles. The average Bonchev–Trinajstić information content (AvgIpc) is 2.89. The maximum atomic E-state index is 12.0. The summed E-state index contributed by atoms with van der Waals surface area (Å²) in [7, 11) is 0. The van der Waals surface area contributed by atoms with Crippen molar-refractivity contribution in [1.82, 2.24) is 15.2 Å². The molecule has 0 radical (unpaired) electrons. The molecule has 2 saturated heterocycles. The molecule has 3 heterocycles. The van der Waals surface area contributed by atoms with E-state index in [9.17, 15) is 4.79 Å². The van der Waals surface area contributed by atoms with Gasteiger partial charge in [-0.15, -0.1) is 0 Å². The molecule has 2 fully saturated rings. The Morgan fingerprint density at radius 1 is 1.40 bits per heavy atom. The maximum Gasteiger partial charge on any atom is 0.319 e. The number of hydrogen-bond donors (Lipinski definition) is 2. The van der Waals surface area contributed by atoms with Crippen LogP contribution in [0.25, 0.3) is 0 Å². The monoisotopic (exact) mass is 294 g/mol. The van der Waals surface area contributed by atoms with Crippen LogP contribution in [0.5, 0.6) is 0 Å². The molecule has 1 aromatic rings. The molecule has 1 aromatic heterocycles. The Morgan fingerprint density at radius 3 is 3.15 bits per heavy atom. The van der Waals surface area contributed by atoms with E-state index in [1.807, 2.05) is 0 Å². The second kappa shape index (κ2) is 5.97. The Kier molecular flexibility index (Phi) is 4.08. The highest BCUT2D eigenvalue weighted by Gasteiger charge is 2.32. The van der Waals surface area contributed by atoms with Crippen LogP contribution >= 0.6 is 11.6 Å². The molecule has 6 heteroatoms. The fourth-order valence-electron chi connectivity index (χ4n) is 3.18. The number of nitrogens with zero attached hydrogens (tertiary/aromatic N) is 2. The number of piperidine rings is 1. The van der Waals surface area contributed by atoms with Gasteiger partial charge in [0.05, 0.1) is 5.69 Å². The number of anilines is 1. The van der Waals surface area contributed by atoms with Gasteiger partial charge >= 0.3 is 6.03 Å². The van der Waals surface area contributed by atoms with Crippen molar-refractivity contribution in [3.63, 3.8) is 0 Å². The van der Waals surface area contributed by atoms with Crippen molar-refractivity contribution in [3.05, 3.63) is 23.5 Å². The van der Waals surface area contributed by atoms with Crippen molar-refractivity contribution < 1.29 is 4.79 Å². The first-order valence-electron chi connectivity index (χ1n) is 7.14. The van der Waals surface area contributed by atoms with E-state index in [-0.39, 0.29) is 12.1 Å². The third-order valence-corrected chi connectivity index (χ3v) is 4.46. The molecule has 0 aliphatic carbocycles. The number of rotatable bonds is 2. The average molecular weight is 295 g/mol. The molecule has 0 bridgehead atoms. The predicted molar refractivity (Wildman–Crippen MR) is 79.0 cm³/mol. The molecule has 0 unspecified atom stereocenters. The summed E-state index contributed by atoms with van der Waals surface area (Å²) < 4.78 is 0. The van der Waals surface area contributed by atoms with E-state index in [2.05, 4.69) is 20.5 Å². The molecule has 2 aliphatic rings. The zero-order chi connectivity index (χ0) is 13.9. The normalized spacial score (nSPS) is 26.1. The Balaban J connectivity index is 1.53. The van der Waals surface area contributed by atoms with Gasteiger partial charge in [-0.3, -0.25) is 0 Å². The van der Waals surface area contributed by atoms with E-state index < -0.39 is 0 Å². The quantitative estimate of drug-likeness (QED) is 0.824. The minimum Gasteiger partial charge on any atom is -0.335 e. The Morgan fingerprint density at radius 2 is 2.30 bits per heavy atom. The van der Waals surface area contributed by atoms with Gasteiger partial charge in [-0.25, -0.2) is 9.78 Å². The zero-order valence-corrected chi connectivity index (χ0v) is 12.1. The summed E-state index contributed by atoms with van der Waals surface area (Å²) in [5.74, 6) is 0. The lowest BCUT2D eigenvalue weighted by atomic mass is 9.98. The van der Waals surface area contributed by atoms with Crippen LogP contribution in [-0.2, 0) is 0 Å². The lowest BCUT2D eigenvalue weighted by Gasteiger charge is -2.35. The lowest BCUT2D eigenvalue weighted by Crippen LogP contribution is -2.48. The van der Waals surface area contributed by atoms with Crippen LogP contribution in [0, 0.1) is 0 Å². The summed E-state index contributed by atoms with van der Waals surface area (Å²) in [5, 5.41) is 6.12. The second-order valence-electron chi connectivity index (χ2n) is 5.49. The number of carbonyl (C=O) groups is 1.